The van der Waals surface area contributed by atoms with Crippen LogP contribution in [-0.4, -0.2) is 6.54 Å². The maximum Gasteiger partial charge on any atom is 0.416 e. The lowest BCUT2D eigenvalue weighted by Crippen LogP contribution is -2.09. The van der Waals surface area contributed by atoms with E-state index in [1.54, 1.807) is 0 Å². The van der Waals surface area contributed by atoms with Crippen LogP contribution in [0.1, 0.15) is 25.8 Å². The van der Waals surface area contributed by atoms with E-state index in [1.807, 2.05) is 0 Å². The van der Waals surface area contributed by atoms with E-state index < -0.39 is 11.7 Å². The van der Waals surface area contributed by atoms with Crippen molar-refractivity contribution in [2.45, 2.75) is 26.4 Å². The minimum absolute atomic E-state index is 0.518. The average Bonchev–Trinajstić information content (AvgIpc) is 2.35. The third-order valence-electron chi connectivity index (χ3n) is 3.28. The summed E-state index contributed by atoms with van der Waals surface area (Å²) in [7, 11) is 0. The molecule has 0 spiro atoms. The van der Waals surface area contributed by atoms with Crippen LogP contribution in [0.4, 0.5) is 18.9 Å². The van der Waals surface area contributed by atoms with Crippen molar-refractivity contribution in [1.29, 1.82) is 0 Å². The van der Waals surface area contributed by atoms with E-state index in [9.17, 15) is 13.2 Å². The van der Waals surface area contributed by atoms with Crippen molar-refractivity contribution < 1.29 is 13.2 Å². The van der Waals surface area contributed by atoms with Crippen LogP contribution in [0.2, 0.25) is 0 Å². The van der Waals surface area contributed by atoms with E-state index in [1.165, 1.54) is 23.3 Å². The maximum atomic E-state index is 12.4. The van der Waals surface area contributed by atoms with E-state index in [-0.39, 0.29) is 0 Å². The van der Waals surface area contributed by atoms with Crippen LogP contribution < -0.4 is 5.32 Å². The van der Waals surface area contributed by atoms with Crippen LogP contribution >= 0.6 is 0 Å². The van der Waals surface area contributed by atoms with E-state index in [2.05, 4.69) is 31.3 Å². The first-order valence-electron chi connectivity index (χ1n) is 6.63. The first kappa shape index (κ1) is 14.7. The molecule has 0 radical (unpaired) electrons. The van der Waals surface area contributed by atoms with Crippen molar-refractivity contribution in [1.82, 2.24) is 0 Å². The second kappa shape index (κ2) is 5.73. The molecule has 1 N–H and O–H groups in total. The van der Waals surface area contributed by atoms with Crippen LogP contribution in [0.15, 0.2) is 47.6 Å². The molecule has 0 fully saturated rings. The molecule has 0 aromatic heterocycles. The van der Waals surface area contributed by atoms with Gasteiger partial charge in [-0.3, -0.25) is 0 Å². The lowest BCUT2D eigenvalue weighted by Gasteiger charge is -2.17. The standard InChI is InChI=1S/C16H18F3N/c1-11-7-12(2)9-13(8-11)10-20-15-5-3-14(4-6-15)16(17,18)19/h3-6,8-9,11,20H,7,10H2,1-2H3. The molecule has 4 heteroatoms. The number of rotatable bonds is 3. The van der Waals surface area contributed by atoms with Crippen LogP contribution in [0.5, 0.6) is 0 Å². The second-order valence-electron chi connectivity index (χ2n) is 5.34. The van der Waals surface area contributed by atoms with Gasteiger partial charge in [-0.2, -0.15) is 13.2 Å². The van der Waals surface area contributed by atoms with E-state index >= 15 is 0 Å². The highest BCUT2D eigenvalue weighted by molar-refractivity contribution is 5.47. The summed E-state index contributed by atoms with van der Waals surface area (Å²) in [6.07, 6.45) is 1.13. The molecule has 1 unspecified atom stereocenters. The number of alkyl halides is 3. The lowest BCUT2D eigenvalue weighted by atomic mass is 9.92. The molecule has 108 valence electrons. The summed E-state index contributed by atoms with van der Waals surface area (Å²) in [4.78, 5) is 0. The van der Waals surface area contributed by atoms with Gasteiger partial charge in [0.25, 0.3) is 0 Å². The molecule has 0 bridgehead atoms. The van der Waals surface area contributed by atoms with Crippen LogP contribution in [0.3, 0.4) is 0 Å². The van der Waals surface area contributed by atoms with Gasteiger partial charge in [0.1, 0.15) is 0 Å². The first-order valence-corrected chi connectivity index (χ1v) is 6.63. The van der Waals surface area contributed by atoms with Crippen LogP contribution in [0, 0.1) is 5.92 Å². The fourth-order valence-electron chi connectivity index (χ4n) is 2.45. The normalized spacial score (nSPS) is 19.4. The molecule has 1 nitrogen and oxygen atoms in total. The Kier molecular flexibility index (Phi) is 4.21. The topological polar surface area (TPSA) is 12.0 Å². The molecule has 2 rings (SSSR count). The van der Waals surface area contributed by atoms with Crippen LogP contribution in [0.25, 0.3) is 0 Å². The van der Waals surface area contributed by atoms with Crippen molar-refractivity contribution in [2.24, 2.45) is 5.92 Å². The van der Waals surface area contributed by atoms with Crippen molar-refractivity contribution in [2.75, 3.05) is 11.9 Å². The molecule has 1 atom stereocenters. The summed E-state index contributed by atoms with van der Waals surface area (Å²) < 4.78 is 37.3. The number of halogens is 3. The van der Waals surface area contributed by atoms with Gasteiger partial charge in [0, 0.05) is 12.2 Å². The van der Waals surface area contributed by atoms with Crippen molar-refractivity contribution in [3.63, 3.8) is 0 Å². The van der Waals surface area contributed by atoms with E-state index in [0.29, 0.717) is 18.2 Å². The Balaban J connectivity index is 1.98. The third-order valence-corrected chi connectivity index (χ3v) is 3.28. The van der Waals surface area contributed by atoms with Gasteiger partial charge in [-0.1, -0.05) is 24.6 Å². The quantitative estimate of drug-likeness (QED) is 0.819. The summed E-state index contributed by atoms with van der Waals surface area (Å²) in [5, 5.41) is 3.15. The SMILES string of the molecule is CC1=CC(CNc2ccc(C(F)(F)F)cc2)=CC(C)C1. The molecule has 1 aliphatic rings. The zero-order valence-electron chi connectivity index (χ0n) is 11.6. The van der Waals surface area contributed by atoms with Crippen LogP contribution in [-0.2, 0) is 6.18 Å². The molecule has 0 aliphatic heterocycles. The van der Waals surface area contributed by atoms with Gasteiger partial charge in [0.05, 0.1) is 5.56 Å². The van der Waals surface area contributed by atoms with Gasteiger partial charge in [0.2, 0.25) is 0 Å². The number of allylic oxidation sites excluding steroid dienone is 2. The minimum Gasteiger partial charge on any atom is -0.381 e. The predicted octanol–water partition coefficient (Wildman–Crippen LogP) is 5.03. The Labute approximate surface area is 117 Å². The third kappa shape index (κ3) is 3.89. The van der Waals surface area contributed by atoms with Gasteiger partial charge < -0.3 is 5.32 Å². The summed E-state index contributed by atoms with van der Waals surface area (Å²) in [5.74, 6) is 0.518. The van der Waals surface area contributed by atoms with Gasteiger partial charge in [-0.25, -0.2) is 0 Å². The average molecular weight is 281 g/mol. The van der Waals surface area contributed by atoms with Crippen molar-refractivity contribution in [3.05, 3.63) is 53.1 Å². The fraction of sp³-hybridized carbons (Fsp3) is 0.375. The largest absolute Gasteiger partial charge is 0.416 e. The molecule has 1 aromatic carbocycles. The molecule has 0 saturated carbocycles. The number of hydrogen-bond acceptors (Lipinski definition) is 1. The molecule has 0 saturated heterocycles. The zero-order chi connectivity index (χ0) is 14.8. The summed E-state index contributed by atoms with van der Waals surface area (Å²) in [5.41, 5.74) is 2.60. The molecular weight excluding hydrogens is 263 g/mol. The number of hydrogen-bond donors (Lipinski definition) is 1. The number of nitrogens with one attached hydrogen (secondary N) is 1. The highest BCUT2D eigenvalue weighted by Crippen LogP contribution is 2.30. The minimum atomic E-state index is -4.28. The van der Waals surface area contributed by atoms with Crippen molar-refractivity contribution in [3.8, 4) is 0 Å². The Hall–Kier alpha value is -1.71. The van der Waals surface area contributed by atoms with Gasteiger partial charge >= 0.3 is 6.18 Å². The summed E-state index contributed by atoms with van der Waals surface area (Å²) in [6.45, 7) is 4.89. The first-order chi connectivity index (χ1) is 9.34. The molecule has 0 amide bonds. The number of anilines is 1. The van der Waals surface area contributed by atoms with Gasteiger partial charge in [-0.15, -0.1) is 0 Å². The highest BCUT2D eigenvalue weighted by atomic mass is 19.4. The van der Waals surface area contributed by atoms with E-state index in [0.717, 1.165) is 18.6 Å². The molecular formula is C16H18F3N. The second-order valence-corrected chi connectivity index (χ2v) is 5.34. The Morgan fingerprint density at radius 3 is 2.40 bits per heavy atom. The lowest BCUT2D eigenvalue weighted by molar-refractivity contribution is -0.137. The summed E-state index contributed by atoms with van der Waals surface area (Å²) in [6, 6.07) is 5.13. The Morgan fingerprint density at radius 2 is 1.85 bits per heavy atom. The monoisotopic (exact) mass is 281 g/mol. The zero-order valence-corrected chi connectivity index (χ0v) is 11.6. The Bertz CT molecular complexity index is 524. The molecule has 0 heterocycles. The smallest absolute Gasteiger partial charge is 0.381 e. The molecule has 20 heavy (non-hydrogen) atoms. The molecule has 1 aliphatic carbocycles. The Morgan fingerprint density at radius 1 is 1.20 bits per heavy atom. The number of benzene rings is 1. The summed E-state index contributed by atoms with van der Waals surface area (Å²) >= 11 is 0. The van der Waals surface area contributed by atoms with E-state index in [4.69, 9.17) is 0 Å². The predicted molar refractivity (Wildman–Crippen MR) is 75.6 cm³/mol. The van der Waals surface area contributed by atoms with Gasteiger partial charge in [0.15, 0.2) is 0 Å². The van der Waals surface area contributed by atoms with Gasteiger partial charge in [-0.05, 0) is 49.1 Å². The fourth-order valence-corrected chi connectivity index (χ4v) is 2.45. The maximum absolute atomic E-state index is 12.4. The highest BCUT2D eigenvalue weighted by Gasteiger charge is 2.29. The molecule has 1 aromatic rings. The van der Waals surface area contributed by atoms with Crippen molar-refractivity contribution >= 4 is 5.69 Å².